The third-order valence-electron chi connectivity index (χ3n) is 11.2. The maximum absolute atomic E-state index is 12.5. The van der Waals surface area contributed by atoms with E-state index >= 15 is 0 Å². The van der Waals surface area contributed by atoms with Crippen LogP contribution in [0, 0.1) is 11.8 Å². The first-order valence-corrected chi connectivity index (χ1v) is 24.7. The van der Waals surface area contributed by atoms with E-state index in [1.165, 1.54) is 154 Å². The lowest BCUT2D eigenvalue weighted by Gasteiger charge is -2.18. The number of unbranched alkanes of at least 4 members (excludes halogenated alkanes) is 29. The van der Waals surface area contributed by atoms with Gasteiger partial charge in [0.2, 0.25) is 0 Å². The number of carbonyl (C=O) groups is 3. The zero-order valence-corrected chi connectivity index (χ0v) is 38.3. The summed E-state index contributed by atoms with van der Waals surface area (Å²) in [6.45, 7) is 11.3. The summed E-state index contributed by atoms with van der Waals surface area (Å²) in [7, 11) is 0. The highest BCUT2D eigenvalue weighted by atomic mass is 16.6. The molecular weight excluding hydrogens is 697 g/mol. The first kappa shape index (κ1) is 54.4. The lowest BCUT2D eigenvalue weighted by Crippen LogP contribution is -2.30. The number of hydrogen-bond donors (Lipinski definition) is 0. The molecule has 0 aliphatic carbocycles. The van der Waals surface area contributed by atoms with E-state index in [1.807, 2.05) is 0 Å². The van der Waals surface area contributed by atoms with Crippen LogP contribution >= 0.6 is 0 Å². The molecule has 0 amide bonds. The second-order valence-corrected chi connectivity index (χ2v) is 18.1. The summed E-state index contributed by atoms with van der Waals surface area (Å²) in [4.78, 5) is 37.5. The Hall–Kier alpha value is -1.59. The van der Waals surface area contributed by atoms with Gasteiger partial charge in [0.05, 0.1) is 0 Å². The predicted molar refractivity (Wildman–Crippen MR) is 238 cm³/mol. The zero-order valence-electron chi connectivity index (χ0n) is 38.3. The van der Waals surface area contributed by atoms with E-state index in [4.69, 9.17) is 14.2 Å². The smallest absolute Gasteiger partial charge is 0.306 e. The number of esters is 3. The van der Waals surface area contributed by atoms with Crippen LogP contribution in [0.4, 0.5) is 0 Å². The van der Waals surface area contributed by atoms with Crippen molar-refractivity contribution in [2.24, 2.45) is 11.8 Å². The van der Waals surface area contributed by atoms with E-state index in [9.17, 15) is 14.4 Å². The van der Waals surface area contributed by atoms with Gasteiger partial charge in [-0.1, -0.05) is 234 Å². The highest BCUT2D eigenvalue weighted by Crippen LogP contribution is 2.17. The number of carbonyl (C=O) groups excluding carboxylic acids is 3. The standard InChI is InChI=1S/C50H96O6/c1-6-7-8-28-37-42-50(53)56-47(44-55-49(52)41-36-32-27-23-19-21-25-30-34-39-46(4)5)43-54-48(51)40-35-31-26-22-18-16-14-12-10-9-11-13-15-17-20-24-29-33-38-45(2)3/h45-47H,6-44H2,1-5H3/t47-/m0/s1. The van der Waals surface area contributed by atoms with Crippen molar-refractivity contribution in [2.45, 2.75) is 278 Å². The van der Waals surface area contributed by atoms with Crippen LogP contribution in [0.15, 0.2) is 0 Å². The second-order valence-electron chi connectivity index (χ2n) is 18.1. The van der Waals surface area contributed by atoms with Crippen molar-refractivity contribution >= 4 is 17.9 Å². The van der Waals surface area contributed by atoms with Gasteiger partial charge in [-0.05, 0) is 31.1 Å². The molecule has 0 aliphatic rings. The predicted octanol–water partition coefficient (Wildman–Crippen LogP) is 15.8. The molecule has 0 spiro atoms. The average molecular weight is 793 g/mol. The third-order valence-corrected chi connectivity index (χ3v) is 11.2. The van der Waals surface area contributed by atoms with Crippen molar-refractivity contribution in [3.05, 3.63) is 0 Å². The molecule has 0 N–H and O–H groups in total. The van der Waals surface area contributed by atoms with E-state index in [-0.39, 0.29) is 31.1 Å². The first-order chi connectivity index (χ1) is 27.2. The summed E-state index contributed by atoms with van der Waals surface area (Å²) < 4.78 is 16.6. The zero-order chi connectivity index (χ0) is 41.2. The van der Waals surface area contributed by atoms with Crippen LogP contribution in [0.25, 0.3) is 0 Å². The topological polar surface area (TPSA) is 78.9 Å². The van der Waals surface area contributed by atoms with Crippen molar-refractivity contribution < 1.29 is 28.6 Å². The summed E-state index contributed by atoms with van der Waals surface area (Å²) in [6.07, 6.45) is 42.8. The molecule has 0 aromatic heterocycles. The Morgan fingerprint density at radius 3 is 0.875 bits per heavy atom. The van der Waals surface area contributed by atoms with Crippen molar-refractivity contribution in [3.8, 4) is 0 Å². The maximum Gasteiger partial charge on any atom is 0.306 e. The molecule has 0 aromatic rings. The Labute approximate surface area is 348 Å². The van der Waals surface area contributed by atoms with Crippen molar-refractivity contribution in [1.82, 2.24) is 0 Å². The Kier molecular flexibility index (Phi) is 41.8. The first-order valence-electron chi connectivity index (χ1n) is 24.7. The van der Waals surface area contributed by atoms with Gasteiger partial charge in [-0.3, -0.25) is 14.4 Å². The minimum absolute atomic E-state index is 0.0656. The molecule has 0 saturated heterocycles. The van der Waals surface area contributed by atoms with Gasteiger partial charge in [0, 0.05) is 19.3 Å². The van der Waals surface area contributed by atoms with Gasteiger partial charge in [0.15, 0.2) is 6.10 Å². The van der Waals surface area contributed by atoms with Gasteiger partial charge in [-0.15, -0.1) is 0 Å². The van der Waals surface area contributed by atoms with Crippen molar-refractivity contribution in [3.63, 3.8) is 0 Å². The van der Waals surface area contributed by atoms with Crippen molar-refractivity contribution in [2.75, 3.05) is 13.2 Å². The van der Waals surface area contributed by atoms with Crippen LogP contribution in [0.1, 0.15) is 272 Å². The Morgan fingerprint density at radius 2 is 0.589 bits per heavy atom. The number of hydrogen-bond acceptors (Lipinski definition) is 6. The van der Waals surface area contributed by atoms with Gasteiger partial charge >= 0.3 is 17.9 Å². The average Bonchev–Trinajstić information content (AvgIpc) is 3.16. The fourth-order valence-corrected chi connectivity index (χ4v) is 7.46. The second kappa shape index (κ2) is 43.0. The molecular formula is C50H96O6. The Balaban J connectivity index is 4.02. The van der Waals surface area contributed by atoms with E-state index in [0.29, 0.717) is 19.3 Å². The summed E-state index contributed by atoms with van der Waals surface area (Å²) >= 11 is 0. The Morgan fingerprint density at radius 1 is 0.339 bits per heavy atom. The van der Waals surface area contributed by atoms with Gasteiger partial charge in [-0.25, -0.2) is 0 Å². The largest absolute Gasteiger partial charge is 0.462 e. The van der Waals surface area contributed by atoms with Crippen LogP contribution in [-0.4, -0.2) is 37.2 Å². The Bertz CT molecular complexity index is 854. The highest BCUT2D eigenvalue weighted by molar-refractivity contribution is 5.71. The van der Waals surface area contributed by atoms with E-state index < -0.39 is 6.10 Å². The van der Waals surface area contributed by atoms with E-state index in [1.54, 1.807) is 0 Å². The normalized spacial score (nSPS) is 12.1. The lowest BCUT2D eigenvalue weighted by molar-refractivity contribution is -0.167. The molecule has 0 aromatic carbocycles. The fraction of sp³-hybridized carbons (Fsp3) is 0.940. The van der Waals surface area contributed by atoms with Gasteiger partial charge in [0.25, 0.3) is 0 Å². The number of rotatable bonds is 44. The molecule has 0 saturated carbocycles. The van der Waals surface area contributed by atoms with Crippen LogP contribution in [0.2, 0.25) is 0 Å². The summed E-state index contributed by atoms with van der Waals surface area (Å²) in [5, 5.41) is 0. The SMILES string of the molecule is CCCCCCCC(=O)O[C@@H](COC(=O)CCCCCCCCCCCCCCCCCCCCC(C)C)COC(=O)CCCCCCCCCCCC(C)C. The van der Waals surface area contributed by atoms with Crippen LogP contribution in [-0.2, 0) is 28.6 Å². The molecule has 332 valence electrons. The van der Waals surface area contributed by atoms with E-state index in [0.717, 1.165) is 76.0 Å². The van der Waals surface area contributed by atoms with Crippen LogP contribution in [0.3, 0.4) is 0 Å². The molecule has 0 bridgehead atoms. The molecule has 0 rings (SSSR count). The fourth-order valence-electron chi connectivity index (χ4n) is 7.46. The monoisotopic (exact) mass is 793 g/mol. The summed E-state index contributed by atoms with van der Waals surface area (Å²) in [5.74, 6) is 0.800. The molecule has 6 nitrogen and oxygen atoms in total. The molecule has 0 heterocycles. The molecule has 1 atom stereocenters. The number of ether oxygens (including phenoxy) is 3. The molecule has 0 fully saturated rings. The third kappa shape index (κ3) is 43.5. The highest BCUT2D eigenvalue weighted by Gasteiger charge is 2.19. The van der Waals surface area contributed by atoms with Gasteiger partial charge in [-0.2, -0.15) is 0 Å². The van der Waals surface area contributed by atoms with Crippen LogP contribution in [0.5, 0.6) is 0 Å². The molecule has 6 heteroatoms. The maximum atomic E-state index is 12.5. The van der Waals surface area contributed by atoms with Gasteiger partial charge < -0.3 is 14.2 Å². The molecule has 56 heavy (non-hydrogen) atoms. The minimum Gasteiger partial charge on any atom is -0.462 e. The van der Waals surface area contributed by atoms with Crippen LogP contribution < -0.4 is 0 Å². The quantitative estimate of drug-likeness (QED) is 0.0347. The minimum atomic E-state index is -0.759. The molecule has 0 radical (unpaired) electrons. The molecule has 0 unspecified atom stereocenters. The van der Waals surface area contributed by atoms with E-state index in [2.05, 4.69) is 34.6 Å². The molecule has 0 aliphatic heterocycles. The summed E-state index contributed by atoms with van der Waals surface area (Å²) in [6, 6.07) is 0. The lowest BCUT2D eigenvalue weighted by atomic mass is 10.0. The summed E-state index contributed by atoms with van der Waals surface area (Å²) in [5.41, 5.74) is 0. The van der Waals surface area contributed by atoms with Crippen molar-refractivity contribution in [1.29, 1.82) is 0 Å². The van der Waals surface area contributed by atoms with Gasteiger partial charge in [0.1, 0.15) is 13.2 Å².